The van der Waals surface area contributed by atoms with Crippen LogP contribution in [-0.2, 0) is 9.59 Å². The van der Waals surface area contributed by atoms with Gasteiger partial charge in [0.05, 0.1) is 11.4 Å². The van der Waals surface area contributed by atoms with Gasteiger partial charge in [-0.25, -0.2) is 0 Å². The number of para-hydroxylation sites is 4. The Balaban J connectivity index is 1.99. The Kier molecular flexibility index (Phi) is 7.72. The molecule has 0 fully saturated rings. The highest BCUT2D eigenvalue weighted by atomic mass is 19.2. The van der Waals surface area contributed by atoms with E-state index < -0.39 is 46.6 Å². The smallest absolute Gasteiger partial charge is 0.224 e. The van der Waals surface area contributed by atoms with Gasteiger partial charge in [-0.15, -0.1) is 0 Å². The van der Waals surface area contributed by atoms with Crippen LogP contribution in [0.4, 0.5) is 28.9 Å². The quantitative estimate of drug-likeness (QED) is 0.287. The van der Waals surface area contributed by atoms with Crippen LogP contribution in [0.15, 0.2) is 48.5 Å². The van der Waals surface area contributed by atoms with E-state index in [0.29, 0.717) is 0 Å². The molecule has 0 atom stereocenters. The van der Waals surface area contributed by atoms with E-state index in [4.69, 9.17) is 9.47 Å². The fraction of sp³-hybridized carbons (Fsp3) is 0.167. The maximum Gasteiger partial charge on any atom is 0.224 e. The molecule has 0 spiro atoms. The van der Waals surface area contributed by atoms with Crippen molar-refractivity contribution in [3.8, 4) is 23.0 Å². The first-order chi connectivity index (χ1) is 16.3. The maximum absolute atomic E-state index is 14.8. The highest BCUT2D eigenvalue weighted by Crippen LogP contribution is 2.41. The van der Waals surface area contributed by atoms with E-state index >= 15 is 0 Å². The fourth-order valence-electron chi connectivity index (χ4n) is 2.79. The summed E-state index contributed by atoms with van der Waals surface area (Å²) in [6, 6.07) is 11.2. The van der Waals surface area contributed by atoms with Crippen molar-refractivity contribution < 1.29 is 36.6 Å². The number of hydrogen-bond acceptors (Lipinski definition) is 4. The van der Waals surface area contributed by atoms with Crippen molar-refractivity contribution in [1.29, 1.82) is 0 Å². The number of hydrogen-bond donors (Lipinski definition) is 2. The number of benzene rings is 3. The molecule has 0 aromatic heterocycles. The third kappa shape index (κ3) is 5.28. The van der Waals surface area contributed by atoms with Crippen molar-refractivity contribution in [3.05, 3.63) is 71.8 Å². The monoisotopic (exact) mass is 476 g/mol. The minimum atomic E-state index is -1.85. The van der Waals surface area contributed by atoms with Gasteiger partial charge in [0.1, 0.15) is 0 Å². The summed E-state index contributed by atoms with van der Waals surface area (Å²) in [5.74, 6) is -11.4. The lowest BCUT2D eigenvalue weighted by Crippen LogP contribution is -2.11. The van der Waals surface area contributed by atoms with Crippen LogP contribution in [0.1, 0.15) is 26.7 Å². The van der Waals surface area contributed by atoms with Gasteiger partial charge in [-0.05, 0) is 24.3 Å². The molecule has 0 saturated carbocycles. The number of halogens is 4. The molecule has 3 aromatic carbocycles. The summed E-state index contributed by atoms with van der Waals surface area (Å²) in [6.07, 6.45) is 0.235. The molecule has 2 amide bonds. The third-order valence-electron chi connectivity index (χ3n) is 4.57. The summed E-state index contributed by atoms with van der Waals surface area (Å²) < 4.78 is 69.3. The molecule has 34 heavy (non-hydrogen) atoms. The SMILES string of the molecule is CCC(=O)Nc1ccccc1Oc1c(F)c(F)c(Oc2ccccc2NC(=O)CC)c(F)c1F. The molecule has 2 N–H and O–H groups in total. The van der Waals surface area contributed by atoms with Gasteiger partial charge in [-0.3, -0.25) is 9.59 Å². The summed E-state index contributed by atoms with van der Waals surface area (Å²) in [5.41, 5.74) is 0.102. The summed E-state index contributed by atoms with van der Waals surface area (Å²) >= 11 is 0. The van der Waals surface area contributed by atoms with E-state index in [2.05, 4.69) is 10.6 Å². The van der Waals surface area contributed by atoms with Crippen LogP contribution in [-0.4, -0.2) is 11.8 Å². The lowest BCUT2D eigenvalue weighted by atomic mass is 10.2. The Labute approximate surface area is 192 Å². The van der Waals surface area contributed by atoms with Gasteiger partial charge in [0.25, 0.3) is 0 Å². The van der Waals surface area contributed by atoms with Crippen LogP contribution in [0.3, 0.4) is 0 Å². The molecular weight excluding hydrogens is 456 g/mol. The van der Waals surface area contributed by atoms with Crippen LogP contribution in [0.25, 0.3) is 0 Å². The summed E-state index contributed by atoms with van der Waals surface area (Å²) in [5, 5.41) is 4.93. The van der Waals surface area contributed by atoms with Gasteiger partial charge in [-0.2, -0.15) is 17.6 Å². The Morgan fingerprint density at radius 3 is 1.29 bits per heavy atom. The number of anilines is 2. The fourth-order valence-corrected chi connectivity index (χ4v) is 2.79. The van der Waals surface area contributed by atoms with Crippen molar-refractivity contribution in [2.24, 2.45) is 0 Å². The molecule has 0 aliphatic rings. The average Bonchev–Trinajstić information content (AvgIpc) is 2.85. The molecule has 0 radical (unpaired) electrons. The zero-order valence-electron chi connectivity index (χ0n) is 18.2. The standard InChI is InChI=1S/C24H20F4N2O4/c1-3-17(31)29-13-9-5-7-11-15(13)33-23-19(25)21(27)24(22(28)20(23)26)34-16-12-8-6-10-14(16)30-18(32)4-2/h5-12H,3-4H2,1-2H3,(H,29,31)(H,30,32). The maximum atomic E-state index is 14.8. The third-order valence-corrected chi connectivity index (χ3v) is 4.57. The van der Waals surface area contributed by atoms with E-state index in [1.165, 1.54) is 48.5 Å². The van der Waals surface area contributed by atoms with Gasteiger partial charge >= 0.3 is 0 Å². The number of ether oxygens (including phenoxy) is 2. The summed E-state index contributed by atoms with van der Waals surface area (Å²) in [7, 11) is 0. The Morgan fingerprint density at radius 1 is 0.647 bits per heavy atom. The topological polar surface area (TPSA) is 76.7 Å². The van der Waals surface area contributed by atoms with E-state index in [1.807, 2.05) is 0 Å². The molecule has 0 unspecified atom stereocenters. The van der Waals surface area contributed by atoms with Crippen LogP contribution in [0.5, 0.6) is 23.0 Å². The minimum Gasteiger partial charge on any atom is -0.449 e. The van der Waals surface area contributed by atoms with Crippen molar-refractivity contribution >= 4 is 23.2 Å². The van der Waals surface area contributed by atoms with E-state index in [9.17, 15) is 27.2 Å². The van der Waals surface area contributed by atoms with Crippen molar-refractivity contribution in [2.75, 3.05) is 10.6 Å². The minimum absolute atomic E-state index is 0.0508. The highest BCUT2D eigenvalue weighted by Gasteiger charge is 2.30. The summed E-state index contributed by atoms with van der Waals surface area (Å²) in [4.78, 5) is 23.4. The zero-order chi connectivity index (χ0) is 24.8. The number of nitrogens with one attached hydrogen (secondary N) is 2. The Hall–Kier alpha value is -4.08. The van der Waals surface area contributed by atoms with Crippen molar-refractivity contribution in [3.63, 3.8) is 0 Å². The number of amides is 2. The summed E-state index contributed by atoms with van der Waals surface area (Å²) in [6.45, 7) is 3.18. The molecule has 6 nitrogen and oxygen atoms in total. The second-order valence-corrected chi connectivity index (χ2v) is 6.91. The number of carbonyl (C=O) groups excluding carboxylic acids is 2. The zero-order valence-corrected chi connectivity index (χ0v) is 18.2. The lowest BCUT2D eigenvalue weighted by molar-refractivity contribution is -0.116. The predicted molar refractivity (Wildman–Crippen MR) is 117 cm³/mol. The predicted octanol–water partition coefficient (Wildman–Crippen LogP) is 6.52. The molecular formula is C24H20F4N2O4. The number of carbonyl (C=O) groups is 2. The molecule has 0 aliphatic carbocycles. The van der Waals surface area contributed by atoms with Gasteiger partial charge in [0.2, 0.25) is 46.6 Å². The first-order valence-electron chi connectivity index (χ1n) is 10.3. The Morgan fingerprint density at radius 2 is 0.971 bits per heavy atom. The van der Waals surface area contributed by atoms with Gasteiger partial charge in [0, 0.05) is 12.8 Å². The highest BCUT2D eigenvalue weighted by molar-refractivity contribution is 5.92. The largest absolute Gasteiger partial charge is 0.449 e. The van der Waals surface area contributed by atoms with E-state index in [0.717, 1.165) is 0 Å². The van der Waals surface area contributed by atoms with Crippen LogP contribution in [0, 0.1) is 23.3 Å². The second-order valence-electron chi connectivity index (χ2n) is 6.91. The van der Waals surface area contributed by atoms with E-state index in [-0.39, 0.29) is 35.7 Å². The van der Waals surface area contributed by atoms with Crippen LogP contribution >= 0.6 is 0 Å². The first kappa shape index (κ1) is 24.6. The molecule has 0 aliphatic heterocycles. The van der Waals surface area contributed by atoms with Crippen LogP contribution < -0.4 is 20.1 Å². The second kappa shape index (κ2) is 10.7. The van der Waals surface area contributed by atoms with Gasteiger partial charge in [0.15, 0.2) is 11.5 Å². The van der Waals surface area contributed by atoms with Gasteiger partial charge in [-0.1, -0.05) is 38.1 Å². The van der Waals surface area contributed by atoms with E-state index in [1.54, 1.807) is 13.8 Å². The van der Waals surface area contributed by atoms with Crippen molar-refractivity contribution in [2.45, 2.75) is 26.7 Å². The molecule has 3 aromatic rings. The molecule has 0 bridgehead atoms. The van der Waals surface area contributed by atoms with Gasteiger partial charge < -0.3 is 20.1 Å². The molecule has 3 rings (SSSR count). The molecule has 10 heteroatoms. The molecule has 178 valence electrons. The average molecular weight is 476 g/mol. The first-order valence-corrected chi connectivity index (χ1v) is 10.3. The Bertz CT molecular complexity index is 1110. The normalized spacial score (nSPS) is 10.5. The molecule has 0 saturated heterocycles. The van der Waals surface area contributed by atoms with Crippen LogP contribution in [0.2, 0.25) is 0 Å². The number of rotatable bonds is 8. The lowest BCUT2D eigenvalue weighted by Gasteiger charge is -2.16. The van der Waals surface area contributed by atoms with Crippen molar-refractivity contribution in [1.82, 2.24) is 0 Å². The molecule has 0 heterocycles.